The fraction of sp³-hybridized carbons (Fsp3) is 0.353. The van der Waals surface area contributed by atoms with Gasteiger partial charge in [0.15, 0.2) is 4.96 Å². The average Bonchev–Trinajstić information content (AvgIpc) is 3.09. The minimum absolute atomic E-state index is 0.548. The third-order valence-electron chi connectivity index (χ3n) is 4.35. The molecule has 0 saturated heterocycles. The molecule has 0 radical (unpaired) electrons. The van der Waals surface area contributed by atoms with E-state index < -0.39 is 0 Å². The molecule has 4 heteroatoms. The van der Waals surface area contributed by atoms with Crippen LogP contribution in [-0.4, -0.2) is 15.4 Å². The van der Waals surface area contributed by atoms with Gasteiger partial charge >= 0.3 is 0 Å². The lowest BCUT2D eigenvalue weighted by Crippen LogP contribution is -2.29. The minimum Gasteiger partial charge on any atom is -0.308 e. The number of aromatic nitrogens is 2. The van der Waals surface area contributed by atoms with Crippen LogP contribution in [0.15, 0.2) is 30.5 Å². The SMILES string of the molecule is Cc1cn2c(CNC3Cc4ccccc4C3)c(C)nc2s1. The van der Waals surface area contributed by atoms with Gasteiger partial charge in [-0.05, 0) is 37.8 Å². The quantitative estimate of drug-likeness (QED) is 0.804. The number of fused-ring (bicyclic) bond motifs is 2. The predicted molar refractivity (Wildman–Crippen MR) is 87.0 cm³/mol. The predicted octanol–water partition coefficient (Wildman–Crippen LogP) is 3.27. The van der Waals surface area contributed by atoms with Crippen molar-refractivity contribution in [3.05, 3.63) is 57.9 Å². The zero-order valence-corrected chi connectivity index (χ0v) is 13.2. The highest BCUT2D eigenvalue weighted by Gasteiger charge is 2.21. The van der Waals surface area contributed by atoms with Crippen molar-refractivity contribution in [2.75, 3.05) is 0 Å². The molecule has 1 aliphatic rings. The van der Waals surface area contributed by atoms with Gasteiger partial charge in [0, 0.05) is 23.7 Å². The Morgan fingerprint density at radius 1 is 1.24 bits per heavy atom. The molecule has 3 nitrogen and oxygen atoms in total. The highest BCUT2D eigenvalue weighted by atomic mass is 32.1. The van der Waals surface area contributed by atoms with Crippen LogP contribution in [0.2, 0.25) is 0 Å². The first-order valence-corrected chi connectivity index (χ1v) is 8.26. The second-order valence-electron chi connectivity index (χ2n) is 5.89. The topological polar surface area (TPSA) is 29.3 Å². The van der Waals surface area contributed by atoms with Gasteiger partial charge in [-0.3, -0.25) is 4.40 Å². The molecule has 0 saturated carbocycles. The average molecular weight is 297 g/mol. The smallest absolute Gasteiger partial charge is 0.194 e. The Hall–Kier alpha value is -1.65. The summed E-state index contributed by atoms with van der Waals surface area (Å²) in [5.74, 6) is 0. The van der Waals surface area contributed by atoms with E-state index in [4.69, 9.17) is 0 Å². The third kappa shape index (κ3) is 2.28. The summed E-state index contributed by atoms with van der Waals surface area (Å²) < 4.78 is 2.24. The number of nitrogens with zero attached hydrogens (tertiary/aromatic N) is 2. The molecule has 0 bridgehead atoms. The van der Waals surface area contributed by atoms with Crippen molar-refractivity contribution in [3.8, 4) is 0 Å². The number of imidazole rings is 1. The molecule has 0 spiro atoms. The van der Waals surface area contributed by atoms with E-state index in [1.165, 1.54) is 21.7 Å². The van der Waals surface area contributed by atoms with Gasteiger partial charge in [-0.2, -0.15) is 0 Å². The highest BCUT2D eigenvalue weighted by Crippen LogP contribution is 2.23. The minimum atomic E-state index is 0.548. The van der Waals surface area contributed by atoms with Crippen molar-refractivity contribution in [1.82, 2.24) is 14.7 Å². The van der Waals surface area contributed by atoms with Gasteiger partial charge in [-0.15, -0.1) is 11.3 Å². The van der Waals surface area contributed by atoms with E-state index in [0.29, 0.717) is 6.04 Å². The maximum absolute atomic E-state index is 4.66. The largest absolute Gasteiger partial charge is 0.308 e. The van der Waals surface area contributed by atoms with E-state index in [0.717, 1.165) is 30.0 Å². The van der Waals surface area contributed by atoms with E-state index in [2.05, 4.69) is 59.0 Å². The number of benzene rings is 1. The lowest BCUT2D eigenvalue weighted by molar-refractivity contribution is 0.525. The second kappa shape index (κ2) is 4.97. The molecule has 0 aliphatic heterocycles. The number of rotatable bonds is 3. The molecule has 1 aromatic carbocycles. The van der Waals surface area contributed by atoms with E-state index in [9.17, 15) is 0 Å². The summed E-state index contributed by atoms with van der Waals surface area (Å²) in [5.41, 5.74) is 5.43. The van der Waals surface area contributed by atoms with E-state index in [1.807, 2.05) is 0 Å². The molecule has 1 aliphatic carbocycles. The fourth-order valence-corrected chi connectivity index (χ4v) is 4.16. The Kier molecular flexibility index (Phi) is 3.08. The van der Waals surface area contributed by atoms with Crippen LogP contribution in [0.5, 0.6) is 0 Å². The molecule has 2 aromatic heterocycles. The molecule has 21 heavy (non-hydrogen) atoms. The van der Waals surface area contributed by atoms with Crippen LogP contribution < -0.4 is 5.32 Å². The standard InChI is InChI=1S/C17H19N3S/c1-11-10-20-16(12(2)19-17(20)21-11)9-18-15-7-13-5-3-4-6-14(13)8-15/h3-6,10,15,18H,7-9H2,1-2H3. The van der Waals surface area contributed by atoms with Gasteiger partial charge < -0.3 is 5.32 Å². The lowest BCUT2D eigenvalue weighted by Gasteiger charge is -2.12. The summed E-state index contributed by atoms with van der Waals surface area (Å²) in [7, 11) is 0. The number of thiazole rings is 1. The van der Waals surface area contributed by atoms with Crippen LogP contribution in [-0.2, 0) is 19.4 Å². The Morgan fingerprint density at radius 2 is 1.95 bits per heavy atom. The van der Waals surface area contributed by atoms with Crippen molar-refractivity contribution < 1.29 is 0 Å². The molecular weight excluding hydrogens is 278 g/mol. The van der Waals surface area contributed by atoms with E-state index in [1.54, 1.807) is 11.3 Å². The van der Waals surface area contributed by atoms with Gasteiger partial charge in [0.25, 0.3) is 0 Å². The van der Waals surface area contributed by atoms with Crippen LogP contribution in [0, 0.1) is 13.8 Å². The molecule has 108 valence electrons. The summed E-state index contributed by atoms with van der Waals surface area (Å²) >= 11 is 1.76. The number of nitrogens with one attached hydrogen (secondary N) is 1. The Morgan fingerprint density at radius 3 is 2.67 bits per heavy atom. The Bertz CT molecular complexity index is 775. The first kappa shape index (κ1) is 13.0. The summed E-state index contributed by atoms with van der Waals surface area (Å²) in [4.78, 5) is 7.08. The van der Waals surface area contributed by atoms with Crippen LogP contribution in [0.25, 0.3) is 4.96 Å². The summed E-state index contributed by atoms with van der Waals surface area (Å²) in [5, 5.41) is 3.72. The maximum atomic E-state index is 4.66. The molecule has 3 aromatic rings. The van der Waals surface area contributed by atoms with Crippen molar-refractivity contribution >= 4 is 16.3 Å². The normalized spacial score (nSPS) is 15.0. The zero-order chi connectivity index (χ0) is 14.4. The molecule has 0 unspecified atom stereocenters. The number of aryl methyl sites for hydroxylation is 2. The molecule has 0 amide bonds. The Balaban J connectivity index is 1.51. The molecule has 2 heterocycles. The monoisotopic (exact) mass is 297 g/mol. The zero-order valence-electron chi connectivity index (χ0n) is 12.4. The molecule has 1 N–H and O–H groups in total. The molecule has 0 atom stereocenters. The highest BCUT2D eigenvalue weighted by molar-refractivity contribution is 7.17. The number of hydrogen-bond acceptors (Lipinski definition) is 3. The maximum Gasteiger partial charge on any atom is 0.194 e. The van der Waals surface area contributed by atoms with Crippen molar-refractivity contribution in [2.45, 2.75) is 39.3 Å². The van der Waals surface area contributed by atoms with Crippen molar-refractivity contribution in [3.63, 3.8) is 0 Å². The van der Waals surface area contributed by atoms with Gasteiger partial charge in [0.1, 0.15) is 0 Å². The van der Waals surface area contributed by atoms with Crippen LogP contribution in [0.4, 0.5) is 0 Å². The second-order valence-corrected chi connectivity index (χ2v) is 7.11. The summed E-state index contributed by atoms with van der Waals surface area (Å²) in [6, 6.07) is 9.33. The third-order valence-corrected chi connectivity index (χ3v) is 5.25. The molecule has 0 fully saturated rings. The van der Waals surface area contributed by atoms with Crippen LogP contribution in [0.3, 0.4) is 0 Å². The lowest BCUT2D eigenvalue weighted by atomic mass is 10.1. The molecule has 4 rings (SSSR count). The summed E-state index contributed by atoms with van der Waals surface area (Å²) in [6.07, 6.45) is 4.47. The van der Waals surface area contributed by atoms with Gasteiger partial charge in [0.2, 0.25) is 0 Å². The molecular formula is C17H19N3S. The van der Waals surface area contributed by atoms with Gasteiger partial charge in [0.05, 0.1) is 11.4 Å². The first-order valence-electron chi connectivity index (χ1n) is 7.45. The first-order chi connectivity index (χ1) is 10.2. The van der Waals surface area contributed by atoms with E-state index >= 15 is 0 Å². The summed E-state index contributed by atoms with van der Waals surface area (Å²) in [6.45, 7) is 5.14. The van der Waals surface area contributed by atoms with Crippen LogP contribution in [0.1, 0.15) is 27.4 Å². The van der Waals surface area contributed by atoms with Crippen molar-refractivity contribution in [1.29, 1.82) is 0 Å². The van der Waals surface area contributed by atoms with E-state index in [-0.39, 0.29) is 0 Å². The number of hydrogen-bond donors (Lipinski definition) is 1. The van der Waals surface area contributed by atoms with Gasteiger partial charge in [-0.25, -0.2) is 4.98 Å². The van der Waals surface area contributed by atoms with Gasteiger partial charge in [-0.1, -0.05) is 24.3 Å². The van der Waals surface area contributed by atoms with Crippen LogP contribution >= 0.6 is 11.3 Å². The van der Waals surface area contributed by atoms with Crippen molar-refractivity contribution in [2.24, 2.45) is 0 Å². The Labute approximate surface area is 128 Å². The fourth-order valence-electron chi connectivity index (χ4n) is 3.27.